The number of nitrogens with zero attached hydrogens (tertiary/aromatic N) is 2. The van der Waals surface area contributed by atoms with E-state index in [1.54, 1.807) is 18.2 Å². The van der Waals surface area contributed by atoms with Gasteiger partial charge in [-0.1, -0.05) is 240 Å². The third kappa shape index (κ3) is 26.3. The SMILES string of the molecule is CCCCCCCCCCCCCCCCCCN(C(=O)c1cccc(C(=O)N(CCCCCCCCCCCCCCCCCC)C(=O)C(N)C(C)C)c1)C(=O)C(N)C(C)C. The smallest absolute Gasteiger partial charge is 0.260 e. The Kier molecular flexibility index (Phi) is 35.0. The highest BCUT2D eigenvalue weighted by Crippen LogP contribution is 2.19. The third-order valence-electron chi connectivity index (χ3n) is 12.9. The molecule has 62 heavy (non-hydrogen) atoms. The van der Waals surface area contributed by atoms with E-state index in [0.29, 0.717) is 12.8 Å². The lowest BCUT2D eigenvalue weighted by Gasteiger charge is -2.27. The van der Waals surface area contributed by atoms with Crippen molar-refractivity contribution in [2.45, 2.75) is 259 Å². The van der Waals surface area contributed by atoms with E-state index in [9.17, 15) is 19.2 Å². The summed E-state index contributed by atoms with van der Waals surface area (Å²) in [5.41, 5.74) is 13.1. The summed E-state index contributed by atoms with van der Waals surface area (Å²) in [5, 5.41) is 0. The normalized spacial score (nSPS) is 12.5. The molecule has 4 N–H and O–H groups in total. The summed E-state index contributed by atoms with van der Waals surface area (Å²) in [6.07, 6.45) is 39.8. The van der Waals surface area contributed by atoms with Crippen molar-refractivity contribution in [2.24, 2.45) is 23.3 Å². The molecule has 0 aliphatic carbocycles. The fourth-order valence-electron chi connectivity index (χ4n) is 8.29. The zero-order chi connectivity index (χ0) is 45.8. The molecule has 0 aliphatic rings. The lowest BCUT2D eigenvalue weighted by molar-refractivity contribution is -0.131. The van der Waals surface area contributed by atoms with Crippen LogP contribution < -0.4 is 11.5 Å². The zero-order valence-corrected chi connectivity index (χ0v) is 41.3. The first-order chi connectivity index (χ1) is 30.0. The lowest BCUT2D eigenvalue weighted by atomic mass is 10.0. The fraction of sp³-hybridized carbons (Fsp3) is 0.815. The van der Waals surface area contributed by atoms with Crippen LogP contribution in [0.5, 0.6) is 0 Å². The van der Waals surface area contributed by atoms with E-state index in [0.717, 1.165) is 38.5 Å². The predicted molar refractivity (Wildman–Crippen MR) is 263 cm³/mol. The Labute approximate surface area is 382 Å². The Balaban J connectivity index is 2.70. The van der Waals surface area contributed by atoms with Crippen LogP contribution in [0.3, 0.4) is 0 Å². The van der Waals surface area contributed by atoms with Gasteiger partial charge in [0, 0.05) is 24.2 Å². The quantitative estimate of drug-likeness (QED) is 0.0633. The zero-order valence-electron chi connectivity index (χ0n) is 41.3. The average Bonchev–Trinajstić information content (AvgIpc) is 3.27. The Morgan fingerprint density at radius 1 is 0.403 bits per heavy atom. The van der Waals surface area contributed by atoms with Gasteiger partial charge in [-0.15, -0.1) is 0 Å². The largest absolute Gasteiger partial charge is 0.320 e. The molecule has 1 rings (SSSR count). The highest BCUT2D eigenvalue weighted by atomic mass is 16.2. The van der Waals surface area contributed by atoms with Crippen molar-refractivity contribution in [3.63, 3.8) is 0 Å². The van der Waals surface area contributed by atoms with Crippen molar-refractivity contribution in [3.8, 4) is 0 Å². The molecule has 0 radical (unpaired) electrons. The van der Waals surface area contributed by atoms with Gasteiger partial charge in [0.2, 0.25) is 11.8 Å². The summed E-state index contributed by atoms with van der Waals surface area (Å²) in [7, 11) is 0. The molecule has 0 aromatic heterocycles. The molecule has 2 unspecified atom stereocenters. The topological polar surface area (TPSA) is 127 Å². The summed E-state index contributed by atoms with van der Waals surface area (Å²) in [6, 6.07) is 4.82. The van der Waals surface area contributed by atoms with E-state index in [4.69, 9.17) is 11.5 Å². The van der Waals surface area contributed by atoms with Gasteiger partial charge in [0.25, 0.3) is 11.8 Å². The van der Waals surface area contributed by atoms with Crippen LogP contribution >= 0.6 is 0 Å². The maximum absolute atomic E-state index is 14.1. The number of hydrogen-bond acceptors (Lipinski definition) is 6. The van der Waals surface area contributed by atoms with E-state index < -0.39 is 35.7 Å². The molecule has 8 nitrogen and oxygen atoms in total. The number of benzene rings is 1. The molecule has 1 aromatic carbocycles. The van der Waals surface area contributed by atoms with Crippen LogP contribution in [0.25, 0.3) is 0 Å². The van der Waals surface area contributed by atoms with Crippen molar-refractivity contribution in [3.05, 3.63) is 35.4 Å². The van der Waals surface area contributed by atoms with Crippen LogP contribution in [0.4, 0.5) is 0 Å². The van der Waals surface area contributed by atoms with Crippen molar-refractivity contribution in [2.75, 3.05) is 13.1 Å². The van der Waals surface area contributed by atoms with Gasteiger partial charge in [-0.25, -0.2) is 0 Å². The van der Waals surface area contributed by atoms with E-state index >= 15 is 0 Å². The van der Waals surface area contributed by atoms with Crippen LogP contribution in [0.2, 0.25) is 0 Å². The van der Waals surface area contributed by atoms with Gasteiger partial charge < -0.3 is 11.5 Å². The number of amides is 4. The predicted octanol–water partition coefficient (Wildman–Crippen LogP) is 14.1. The maximum Gasteiger partial charge on any atom is 0.260 e. The van der Waals surface area contributed by atoms with Gasteiger partial charge >= 0.3 is 0 Å². The highest BCUT2D eigenvalue weighted by molar-refractivity contribution is 6.09. The molecule has 0 saturated heterocycles. The highest BCUT2D eigenvalue weighted by Gasteiger charge is 2.31. The van der Waals surface area contributed by atoms with Gasteiger partial charge in [-0.3, -0.25) is 29.0 Å². The van der Waals surface area contributed by atoms with E-state index in [2.05, 4.69) is 13.8 Å². The van der Waals surface area contributed by atoms with E-state index in [1.165, 1.54) is 170 Å². The van der Waals surface area contributed by atoms with Crippen LogP contribution in [-0.4, -0.2) is 58.6 Å². The second-order valence-corrected chi connectivity index (χ2v) is 19.3. The van der Waals surface area contributed by atoms with E-state index in [-0.39, 0.29) is 36.1 Å². The Hall–Kier alpha value is -2.58. The number of nitrogens with two attached hydrogens (primary N) is 2. The van der Waals surface area contributed by atoms with Gasteiger partial charge in [-0.2, -0.15) is 0 Å². The Bertz CT molecular complexity index is 1210. The molecule has 0 fully saturated rings. The molecule has 0 aliphatic heterocycles. The number of unbranched alkanes of at least 4 members (excludes halogenated alkanes) is 30. The second kappa shape index (κ2) is 37.8. The molecule has 8 heteroatoms. The van der Waals surface area contributed by atoms with Crippen molar-refractivity contribution >= 4 is 23.6 Å². The number of imide groups is 2. The molecule has 0 spiro atoms. The Morgan fingerprint density at radius 2 is 0.629 bits per heavy atom. The molecule has 0 bridgehead atoms. The number of carbonyl (C=O) groups excluding carboxylic acids is 4. The standard InChI is InChI=1S/C54H98N4O4/c1-7-9-11-13-15-17-19-21-23-25-27-29-31-33-35-37-42-57(53(61)49(55)45(3)4)51(59)47-40-39-41-48(44-47)52(60)58(54(62)50(56)46(5)6)43-38-36-34-32-30-28-26-24-22-20-18-16-14-12-10-8-2/h39-41,44-46,49-50H,7-38,42-43,55-56H2,1-6H3. The van der Waals surface area contributed by atoms with Crippen LogP contribution in [-0.2, 0) is 9.59 Å². The number of carbonyl (C=O) groups is 4. The molecule has 1 aromatic rings. The summed E-state index contributed by atoms with van der Waals surface area (Å²) < 4.78 is 0. The van der Waals surface area contributed by atoms with Crippen LogP contribution in [0.1, 0.15) is 268 Å². The first-order valence-electron chi connectivity index (χ1n) is 26.3. The monoisotopic (exact) mass is 867 g/mol. The van der Waals surface area contributed by atoms with Crippen molar-refractivity contribution in [1.82, 2.24) is 9.80 Å². The molecule has 2 atom stereocenters. The number of hydrogen-bond donors (Lipinski definition) is 2. The van der Waals surface area contributed by atoms with E-state index in [1.807, 2.05) is 27.7 Å². The fourth-order valence-corrected chi connectivity index (χ4v) is 8.29. The van der Waals surface area contributed by atoms with Crippen LogP contribution in [0.15, 0.2) is 24.3 Å². The van der Waals surface area contributed by atoms with Crippen molar-refractivity contribution < 1.29 is 19.2 Å². The van der Waals surface area contributed by atoms with Gasteiger partial charge in [-0.05, 0) is 42.9 Å². The number of rotatable bonds is 40. The van der Waals surface area contributed by atoms with Gasteiger partial charge in [0.1, 0.15) is 0 Å². The van der Waals surface area contributed by atoms with Crippen molar-refractivity contribution in [1.29, 1.82) is 0 Å². The molecule has 4 amide bonds. The first-order valence-corrected chi connectivity index (χ1v) is 26.3. The van der Waals surface area contributed by atoms with Crippen LogP contribution in [0, 0.1) is 11.8 Å². The van der Waals surface area contributed by atoms with Gasteiger partial charge in [0.15, 0.2) is 0 Å². The van der Waals surface area contributed by atoms with Gasteiger partial charge in [0.05, 0.1) is 12.1 Å². The summed E-state index contributed by atoms with van der Waals surface area (Å²) in [4.78, 5) is 57.9. The summed E-state index contributed by atoms with van der Waals surface area (Å²) >= 11 is 0. The second-order valence-electron chi connectivity index (χ2n) is 19.3. The molecule has 358 valence electrons. The average molecular weight is 867 g/mol. The molecular formula is C54H98N4O4. The summed E-state index contributed by atoms with van der Waals surface area (Å²) in [5.74, 6) is -1.99. The Morgan fingerprint density at radius 3 is 0.855 bits per heavy atom. The molecule has 0 saturated carbocycles. The molecule has 0 heterocycles. The lowest BCUT2D eigenvalue weighted by Crippen LogP contribution is -2.50. The minimum atomic E-state index is -0.810. The minimum Gasteiger partial charge on any atom is -0.320 e. The first kappa shape index (κ1) is 57.4. The minimum absolute atomic E-state index is 0.134. The third-order valence-corrected chi connectivity index (χ3v) is 12.9. The summed E-state index contributed by atoms with van der Waals surface area (Å²) in [6.45, 7) is 12.6. The maximum atomic E-state index is 14.1. The molecular weight excluding hydrogens is 769 g/mol.